The van der Waals surface area contributed by atoms with E-state index in [4.69, 9.17) is 11.6 Å². The number of hydrogen-bond acceptors (Lipinski definition) is 4. The SMILES string of the molecule is Cc1cccc(C(=O)N(CCn2cccn2)c2nc3c(Cl)cccc3s2)c1. The third-order valence-corrected chi connectivity index (χ3v) is 5.56. The van der Waals surface area contributed by atoms with Crippen molar-refractivity contribution in [1.82, 2.24) is 14.8 Å². The molecule has 0 bridgehead atoms. The zero-order valence-electron chi connectivity index (χ0n) is 14.7. The Balaban J connectivity index is 1.72. The lowest BCUT2D eigenvalue weighted by atomic mass is 10.1. The topological polar surface area (TPSA) is 51.0 Å². The monoisotopic (exact) mass is 396 g/mol. The standard InChI is InChI=1S/C20H17ClN4OS/c1-14-5-2-6-15(13-14)19(26)25(12-11-24-10-4-9-22-24)20-23-18-16(21)7-3-8-17(18)27-20/h2-10,13H,11-12H2,1H3. The maximum absolute atomic E-state index is 13.2. The van der Waals surface area contributed by atoms with E-state index >= 15 is 0 Å². The summed E-state index contributed by atoms with van der Waals surface area (Å²) in [5.41, 5.74) is 2.40. The first kappa shape index (κ1) is 17.7. The van der Waals surface area contributed by atoms with Crippen molar-refractivity contribution in [3.05, 3.63) is 77.1 Å². The molecule has 1 amide bonds. The quantitative estimate of drug-likeness (QED) is 0.486. The second-order valence-electron chi connectivity index (χ2n) is 6.18. The molecule has 0 saturated heterocycles. The largest absolute Gasteiger partial charge is 0.282 e. The predicted octanol–water partition coefficient (Wildman–Crippen LogP) is 4.80. The fourth-order valence-electron chi connectivity index (χ4n) is 2.87. The number of aromatic nitrogens is 3. The van der Waals surface area contributed by atoms with Crippen LogP contribution in [0.2, 0.25) is 5.02 Å². The molecule has 0 spiro atoms. The maximum Gasteiger partial charge on any atom is 0.260 e. The molecule has 136 valence electrons. The van der Waals surface area contributed by atoms with Gasteiger partial charge in [0.05, 0.1) is 16.3 Å². The highest BCUT2D eigenvalue weighted by molar-refractivity contribution is 7.22. The van der Waals surface area contributed by atoms with E-state index in [0.29, 0.717) is 28.8 Å². The first-order chi connectivity index (χ1) is 13.1. The normalized spacial score (nSPS) is 11.0. The molecule has 0 fully saturated rings. The van der Waals surface area contributed by atoms with E-state index in [2.05, 4.69) is 10.1 Å². The number of thiazole rings is 1. The number of para-hydroxylation sites is 1. The molecule has 0 saturated carbocycles. The fraction of sp³-hybridized carbons (Fsp3) is 0.150. The van der Waals surface area contributed by atoms with E-state index < -0.39 is 0 Å². The van der Waals surface area contributed by atoms with Crippen molar-refractivity contribution in [3.63, 3.8) is 0 Å². The smallest absolute Gasteiger partial charge is 0.260 e. The van der Waals surface area contributed by atoms with Gasteiger partial charge < -0.3 is 0 Å². The molecule has 0 aliphatic carbocycles. The third-order valence-electron chi connectivity index (χ3n) is 4.21. The van der Waals surface area contributed by atoms with Gasteiger partial charge in [-0.2, -0.15) is 5.10 Å². The number of nitrogens with zero attached hydrogens (tertiary/aromatic N) is 4. The van der Waals surface area contributed by atoms with Gasteiger partial charge in [0, 0.05) is 24.5 Å². The average molecular weight is 397 g/mol. The van der Waals surface area contributed by atoms with Crippen molar-refractivity contribution >= 4 is 44.2 Å². The summed E-state index contributed by atoms with van der Waals surface area (Å²) in [6, 6.07) is 15.1. The van der Waals surface area contributed by atoms with Crippen molar-refractivity contribution < 1.29 is 4.79 Å². The Bertz CT molecular complexity index is 1090. The molecule has 5 nitrogen and oxygen atoms in total. The molecule has 0 atom stereocenters. The zero-order valence-corrected chi connectivity index (χ0v) is 16.2. The summed E-state index contributed by atoms with van der Waals surface area (Å²) in [6.45, 7) is 3.02. The van der Waals surface area contributed by atoms with Crippen LogP contribution in [-0.2, 0) is 6.54 Å². The van der Waals surface area contributed by atoms with E-state index in [0.717, 1.165) is 15.8 Å². The van der Waals surface area contributed by atoms with Gasteiger partial charge in [-0.15, -0.1) is 0 Å². The van der Waals surface area contributed by atoms with Gasteiger partial charge in [0.1, 0.15) is 5.52 Å². The first-order valence-electron chi connectivity index (χ1n) is 8.53. The number of anilines is 1. The Morgan fingerprint density at radius 1 is 1.22 bits per heavy atom. The summed E-state index contributed by atoms with van der Waals surface area (Å²) in [6.07, 6.45) is 3.61. The van der Waals surface area contributed by atoms with Crippen LogP contribution in [0.3, 0.4) is 0 Å². The Morgan fingerprint density at radius 2 is 2.07 bits per heavy atom. The minimum Gasteiger partial charge on any atom is -0.282 e. The summed E-state index contributed by atoms with van der Waals surface area (Å²) in [5, 5.41) is 5.45. The van der Waals surface area contributed by atoms with Gasteiger partial charge in [-0.1, -0.05) is 46.7 Å². The zero-order chi connectivity index (χ0) is 18.8. The predicted molar refractivity (Wildman–Crippen MR) is 110 cm³/mol. The number of carbonyl (C=O) groups excluding carboxylic acids is 1. The molecule has 0 aliphatic heterocycles. The van der Waals surface area contributed by atoms with Crippen LogP contribution < -0.4 is 4.90 Å². The number of carbonyl (C=O) groups is 1. The molecule has 0 N–H and O–H groups in total. The summed E-state index contributed by atoms with van der Waals surface area (Å²) in [7, 11) is 0. The van der Waals surface area contributed by atoms with E-state index in [-0.39, 0.29) is 5.91 Å². The number of benzene rings is 2. The van der Waals surface area contributed by atoms with Gasteiger partial charge in [0.15, 0.2) is 5.13 Å². The Kier molecular flexibility index (Phi) is 4.92. The summed E-state index contributed by atoms with van der Waals surface area (Å²) < 4.78 is 2.76. The number of halogens is 1. The fourth-order valence-corrected chi connectivity index (χ4v) is 4.16. The van der Waals surface area contributed by atoms with E-state index in [1.54, 1.807) is 15.8 Å². The molecule has 4 aromatic rings. The molecule has 0 unspecified atom stereocenters. The van der Waals surface area contributed by atoms with Gasteiger partial charge in [-0.05, 0) is 37.3 Å². The maximum atomic E-state index is 13.2. The summed E-state index contributed by atoms with van der Waals surface area (Å²) >= 11 is 7.74. The van der Waals surface area contributed by atoms with Crippen molar-refractivity contribution in [2.24, 2.45) is 0 Å². The van der Waals surface area contributed by atoms with Crippen molar-refractivity contribution in [2.75, 3.05) is 11.4 Å². The molecule has 2 aromatic carbocycles. The minimum atomic E-state index is -0.0824. The van der Waals surface area contributed by atoms with Gasteiger partial charge in [0.25, 0.3) is 5.91 Å². The highest BCUT2D eigenvalue weighted by Crippen LogP contribution is 2.33. The van der Waals surface area contributed by atoms with Crippen molar-refractivity contribution in [2.45, 2.75) is 13.5 Å². The van der Waals surface area contributed by atoms with Gasteiger partial charge >= 0.3 is 0 Å². The van der Waals surface area contributed by atoms with Gasteiger partial charge in [-0.3, -0.25) is 14.4 Å². The van der Waals surface area contributed by atoms with E-state index in [9.17, 15) is 4.79 Å². The van der Waals surface area contributed by atoms with Crippen LogP contribution in [0, 0.1) is 6.92 Å². The molecule has 27 heavy (non-hydrogen) atoms. The van der Waals surface area contributed by atoms with Crippen LogP contribution in [0.15, 0.2) is 60.9 Å². The number of rotatable bonds is 5. The Hall–Kier alpha value is -2.70. The average Bonchev–Trinajstić information content (AvgIpc) is 3.32. The minimum absolute atomic E-state index is 0.0824. The highest BCUT2D eigenvalue weighted by Gasteiger charge is 2.22. The molecular formula is C20H17ClN4OS. The number of fused-ring (bicyclic) bond motifs is 1. The summed E-state index contributed by atoms with van der Waals surface area (Å²) in [5.74, 6) is -0.0824. The van der Waals surface area contributed by atoms with E-state index in [1.807, 2.05) is 61.7 Å². The van der Waals surface area contributed by atoms with Crippen LogP contribution in [0.25, 0.3) is 10.2 Å². The number of aryl methyl sites for hydroxylation is 1. The molecular weight excluding hydrogens is 380 g/mol. The van der Waals surface area contributed by atoms with Crippen LogP contribution in [0.4, 0.5) is 5.13 Å². The summed E-state index contributed by atoms with van der Waals surface area (Å²) in [4.78, 5) is 19.6. The lowest BCUT2D eigenvalue weighted by molar-refractivity contribution is 0.0985. The third kappa shape index (κ3) is 3.72. The first-order valence-corrected chi connectivity index (χ1v) is 9.72. The molecule has 0 radical (unpaired) electrons. The molecule has 4 rings (SSSR count). The van der Waals surface area contributed by atoms with Gasteiger partial charge in [-0.25, -0.2) is 4.98 Å². The molecule has 2 aromatic heterocycles. The lowest BCUT2D eigenvalue weighted by Gasteiger charge is -2.20. The molecule has 7 heteroatoms. The van der Waals surface area contributed by atoms with E-state index in [1.165, 1.54) is 11.3 Å². The Morgan fingerprint density at radius 3 is 2.81 bits per heavy atom. The van der Waals surface area contributed by atoms with Crippen LogP contribution in [-0.4, -0.2) is 27.2 Å². The second-order valence-corrected chi connectivity index (χ2v) is 7.59. The number of amides is 1. The van der Waals surface area contributed by atoms with Gasteiger partial charge in [0.2, 0.25) is 0 Å². The number of hydrogen-bond donors (Lipinski definition) is 0. The highest BCUT2D eigenvalue weighted by atomic mass is 35.5. The van der Waals surface area contributed by atoms with Crippen LogP contribution in [0.1, 0.15) is 15.9 Å². The van der Waals surface area contributed by atoms with Crippen molar-refractivity contribution in [1.29, 1.82) is 0 Å². The lowest BCUT2D eigenvalue weighted by Crippen LogP contribution is -2.34. The molecule has 0 aliphatic rings. The Labute approximate surface area is 165 Å². The van der Waals surface area contributed by atoms with Crippen LogP contribution in [0.5, 0.6) is 0 Å². The second kappa shape index (κ2) is 7.50. The molecule has 2 heterocycles. The van der Waals surface area contributed by atoms with Crippen LogP contribution >= 0.6 is 22.9 Å². The van der Waals surface area contributed by atoms with Crippen molar-refractivity contribution in [3.8, 4) is 0 Å².